The molecule has 0 N–H and O–H groups in total. The number of nitrogens with zero attached hydrogens (tertiary/aromatic N) is 2. The molecule has 1 heterocycles. The van der Waals surface area contributed by atoms with E-state index in [4.69, 9.17) is 4.74 Å². The van der Waals surface area contributed by atoms with Crippen LogP contribution in [-0.2, 0) is 21.1 Å². The van der Waals surface area contributed by atoms with Crippen molar-refractivity contribution >= 4 is 55.0 Å². The van der Waals surface area contributed by atoms with E-state index in [9.17, 15) is 18.0 Å². The number of aromatic nitrogens is 1. The first-order valence-corrected chi connectivity index (χ1v) is 13.9. The molecule has 0 spiro atoms. The SMILES string of the molecule is CCOC(=O)c1ccc2c(c1)sc(=NC(=O)c1cccc(S(=O)(=O)CC)c1)n2CCSC. The van der Waals surface area contributed by atoms with E-state index >= 15 is 0 Å². The molecule has 0 radical (unpaired) electrons. The van der Waals surface area contributed by atoms with Crippen molar-refractivity contribution in [2.45, 2.75) is 25.3 Å². The molecule has 0 aliphatic heterocycles. The van der Waals surface area contributed by atoms with Crippen LogP contribution in [-0.4, -0.2) is 49.2 Å². The smallest absolute Gasteiger partial charge is 0.338 e. The standard InChI is InChI=1S/C22H24N2O5S3/c1-4-29-21(26)16-9-10-18-19(14-16)31-22(24(18)11-12-30-3)23-20(25)15-7-6-8-17(13-15)32(27,28)5-2/h6-10,13-14H,4-5,11-12H2,1-3H3. The zero-order valence-electron chi connectivity index (χ0n) is 18.0. The Labute approximate surface area is 195 Å². The van der Waals surface area contributed by atoms with Gasteiger partial charge >= 0.3 is 5.97 Å². The van der Waals surface area contributed by atoms with E-state index in [1.807, 2.05) is 16.9 Å². The number of fused-ring (bicyclic) bond motifs is 1. The summed E-state index contributed by atoms with van der Waals surface area (Å²) in [6, 6.07) is 11.2. The van der Waals surface area contributed by atoms with Crippen LogP contribution in [0.4, 0.5) is 0 Å². The van der Waals surface area contributed by atoms with E-state index in [0.29, 0.717) is 16.9 Å². The molecule has 1 aromatic heterocycles. The zero-order valence-corrected chi connectivity index (χ0v) is 20.5. The van der Waals surface area contributed by atoms with Crippen LogP contribution in [0.1, 0.15) is 34.6 Å². The van der Waals surface area contributed by atoms with Crippen molar-refractivity contribution in [3.05, 3.63) is 58.4 Å². The number of ether oxygens (including phenoxy) is 1. The van der Waals surface area contributed by atoms with E-state index in [1.54, 1.807) is 49.9 Å². The molecular formula is C22H24N2O5S3. The molecular weight excluding hydrogens is 468 g/mol. The number of thiazole rings is 1. The Balaban J connectivity index is 2.09. The summed E-state index contributed by atoms with van der Waals surface area (Å²) in [7, 11) is -3.43. The summed E-state index contributed by atoms with van der Waals surface area (Å²) >= 11 is 2.97. The lowest BCUT2D eigenvalue weighted by Gasteiger charge is -2.05. The van der Waals surface area contributed by atoms with Crippen LogP contribution in [0.25, 0.3) is 10.2 Å². The largest absolute Gasteiger partial charge is 0.462 e. The maximum Gasteiger partial charge on any atom is 0.338 e. The van der Waals surface area contributed by atoms with Crippen LogP contribution in [0, 0.1) is 0 Å². The number of carbonyl (C=O) groups excluding carboxylic acids is 2. The lowest BCUT2D eigenvalue weighted by Crippen LogP contribution is -2.18. The summed E-state index contributed by atoms with van der Waals surface area (Å²) in [5.41, 5.74) is 1.51. The Hall–Kier alpha value is -2.43. The first kappa shape index (κ1) is 24.2. The highest BCUT2D eigenvalue weighted by Crippen LogP contribution is 2.21. The third-order valence-electron chi connectivity index (χ3n) is 4.73. The van der Waals surface area contributed by atoms with Gasteiger partial charge in [-0.05, 0) is 49.6 Å². The van der Waals surface area contributed by atoms with Gasteiger partial charge in [-0.3, -0.25) is 4.79 Å². The number of carbonyl (C=O) groups is 2. The van der Waals surface area contributed by atoms with Crippen molar-refractivity contribution in [3.8, 4) is 0 Å². The second kappa shape index (κ2) is 10.5. The van der Waals surface area contributed by atoms with E-state index in [-0.39, 0.29) is 22.8 Å². The lowest BCUT2D eigenvalue weighted by molar-refractivity contribution is 0.0526. The highest BCUT2D eigenvalue weighted by atomic mass is 32.2. The Bertz CT molecular complexity index is 1320. The average Bonchev–Trinajstić information content (AvgIpc) is 3.13. The predicted molar refractivity (Wildman–Crippen MR) is 128 cm³/mol. The summed E-state index contributed by atoms with van der Waals surface area (Å²) in [6.45, 7) is 4.24. The first-order valence-electron chi connectivity index (χ1n) is 10.0. The number of thioether (sulfide) groups is 1. The summed E-state index contributed by atoms with van der Waals surface area (Å²) in [4.78, 5) is 29.9. The fourth-order valence-electron chi connectivity index (χ4n) is 3.04. The number of aryl methyl sites for hydroxylation is 1. The fourth-order valence-corrected chi connectivity index (χ4v) is 5.42. The van der Waals surface area contributed by atoms with Gasteiger partial charge in [0.1, 0.15) is 0 Å². The molecule has 0 atom stereocenters. The Morgan fingerprint density at radius 1 is 1.12 bits per heavy atom. The molecule has 10 heteroatoms. The molecule has 0 aliphatic rings. The van der Waals surface area contributed by atoms with Crippen LogP contribution >= 0.6 is 23.1 Å². The maximum atomic E-state index is 12.9. The molecule has 0 saturated carbocycles. The number of esters is 1. The number of hydrogen-bond acceptors (Lipinski definition) is 7. The summed E-state index contributed by atoms with van der Waals surface area (Å²) in [5.74, 6) is -0.151. The minimum atomic E-state index is -3.43. The van der Waals surface area contributed by atoms with Crippen LogP contribution < -0.4 is 4.80 Å². The maximum absolute atomic E-state index is 12.9. The molecule has 0 saturated heterocycles. The van der Waals surface area contributed by atoms with Gasteiger partial charge in [0.2, 0.25) is 0 Å². The third kappa shape index (κ3) is 5.31. The number of benzene rings is 2. The molecule has 32 heavy (non-hydrogen) atoms. The van der Waals surface area contributed by atoms with E-state index in [0.717, 1.165) is 16.0 Å². The molecule has 3 aromatic rings. The highest BCUT2D eigenvalue weighted by molar-refractivity contribution is 7.98. The third-order valence-corrected chi connectivity index (χ3v) is 8.09. The highest BCUT2D eigenvalue weighted by Gasteiger charge is 2.16. The summed E-state index contributed by atoms with van der Waals surface area (Å²) in [5, 5.41) is 0. The molecule has 0 unspecified atom stereocenters. The molecule has 0 aliphatic carbocycles. The molecule has 2 aromatic carbocycles. The predicted octanol–water partition coefficient (Wildman–Crippen LogP) is 3.78. The van der Waals surface area contributed by atoms with Crippen molar-refractivity contribution in [1.82, 2.24) is 4.57 Å². The summed E-state index contributed by atoms with van der Waals surface area (Å²) in [6.07, 6.45) is 2.00. The van der Waals surface area contributed by atoms with Gasteiger partial charge in [0.25, 0.3) is 5.91 Å². The van der Waals surface area contributed by atoms with Gasteiger partial charge in [0, 0.05) is 17.9 Å². The van der Waals surface area contributed by atoms with Gasteiger partial charge in [0.15, 0.2) is 14.6 Å². The fraction of sp³-hybridized carbons (Fsp3) is 0.318. The van der Waals surface area contributed by atoms with Crippen LogP contribution in [0.3, 0.4) is 0 Å². The van der Waals surface area contributed by atoms with Crippen molar-refractivity contribution in [3.63, 3.8) is 0 Å². The quantitative estimate of drug-likeness (QED) is 0.444. The molecule has 0 bridgehead atoms. The van der Waals surface area contributed by atoms with Gasteiger partial charge in [-0.2, -0.15) is 16.8 Å². The molecule has 3 rings (SSSR count). The van der Waals surface area contributed by atoms with Crippen molar-refractivity contribution in [1.29, 1.82) is 0 Å². The van der Waals surface area contributed by atoms with Gasteiger partial charge in [-0.25, -0.2) is 13.2 Å². The minimum absolute atomic E-state index is 0.0460. The van der Waals surface area contributed by atoms with E-state index < -0.39 is 21.7 Å². The monoisotopic (exact) mass is 492 g/mol. The Morgan fingerprint density at radius 2 is 1.91 bits per heavy atom. The lowest BCUT2D eigenvalue weighted by atomic mass is 10.2. The van der Waals surface area contributed by atoms with Crippen molar-refractivity contribution < 1.29 is 22.7 Å². The van der Waals surface area contributed by atoms with Gasteiger partial charge < -0.3 is 9.30 Å². The van der Waals surface area contributed by atoms with Gasteiger partial charge in [0.05, 0.1) is 33.0 Å². The number of sulfone groups is 1. The first-order chi connectivity index (χ1) is 15.3. The molecule has 0 fully saturated rings. The molecule has 7 nitrogen and oxygen atoms in total. The minimum Gasteiger partial charge on any atom is -0.462 e. The number of hydrogen-bond donors (Lipinski definition) is 0. The summed E-state index contributed by atoms with van der Waals surface area (Å²) < 4.78 is 32.2. The molecule has 170 valence electrons. The van der Waals surface area contributed by atoms with E-state index in [1.165, 1.54) is 23.5 Å². The van der Waals surface area contributed by atoms with Crippen LogP contribution in [0.5, 0.6) is 0 Å². The normalized spacial score (nSPS) is 12.3. The van der Waals surface area contributed by atoms with Crippen molar-refractivity contribution in [2.24, 2.45) is 4.99 Å². The topological polar surface area (TPSA) is 94.8 Å². The average molecular weight is 493 g/mol. The Kier molecular flexibility index (Phi) is 7.91. The van der Waals surface area contributed by atoms with Crippen LogP contribution in [0.2, 0.25) is 0 Å². The Morgan fingerprint density at radius 3 is 2.59 bits per heavy atom. The van der Waals surface area contributed by atoms with Crippen molar-refractivity contribution in [2.75, 3.05) is 24.4 Å². The zero-order chi connectivity index (χ0) is 23.3. The second-order valence-electron chi connectivity index (χ2n) is 6.78. The van der Waals surface area contributed by atoms with Gasteiger partial charge in [-0.1, -0.05) is 24.3 Å². The molecule has 1 amide bonds. The van der Waals surface area contributed by atoms with E-state index in [2.05, 4.69) is 4.99 Å². The number of rotatable bonds is 8. The van der Waals surface area contributed by atoms with Crippen LogP contribution in [0.15, 0.2) is 52.4 Å². The second-order valence-corrected chi connectivity index (χ2v) is 11.1. The number of amides is 1. The van der Waals surface area contributed by atoms with Gasteiger partial charge in [-0.15, -0.1) is 0 Å².